The van der Waals surface area contributed by atoms with Gasteiger partial charge in [0, 0.05) is 12.6 Å². The molecule has 0 radical (unpaired) electrons. The molecule has 0 aromatic carbocycles. The number of nitrogens with one attached hydrogen (secondary N) is 1. The Labute approximate surface area is 91.3 Å². The summed E-state index contributed by atoms with van der Waals surface area (Å²) in [6.07, 6.45) is 4.15. The number of rotatable bonds is 6. The van der Waals surface area contributed by atoms with Gasteiger partial charge in [-0.05, 0) is 19.3 Å². The molecule has 0 aromatic rings. The van der Waals surface area contributed by atoms with Crippen LogP contribution in [0.4, 0.5) is 0 Å². The molecule has 88 valence electrons. The average molecular weight is 215 g/mol. The maximum Gasteiger partial charge on any atom is 0.319 e. The Morgan fingerprint density at radius 1 is 1.60 bits per heavy atom. The van der Waals surface area contributed by atoms with E-state index in [1.165, 1.54) is 0 Å². The fourth-order valence-electron chi connectivity index (χ4n) is 1.51. The van der Waals surface area contributed by atoms with E-state index in [-0.39, 0.29) is 5.97 Å². The van der Waals surface area contributed by atoms with Gasteiger partial charge in [-0.1, -0.05) is 13.3 Å². The summed E-state index contributed by atoms with van der Waals surface area (Å²) in [5, 5.41) is 3.15. The molecule has 0 aliphatic carbocycles. The minimum atomic E-state index is -0.158. The Hall–Kier alpha value is -0.610. The number of hydrogen-bond acceptors (Lipinski definition) is 4. The zero-order chi connectivity index (χ0) is 10.9. The third kappa shape index (κ3) is 5.74. The lowest BCUT2D eigenvalue weighted by molar-refractivity contribution is -0.142. The van der Waals surface area contributed by atoms with Crippen LogP contribution in [0.5, 0.6) is 0 Å². The Kier molecular flexibility index (Phi) is 6.36. The van der Waals surface area contributed by atoms with Gasteiger partial charge in [-0.3, -0.25) is 4.79 Å². The summed E-state index contributed by atoms with van der Waals surface area (Å²) in [6.45, 7) is 4.47. The third-order valence-corrected chi connectivity index (χ3v) is 2.46. The molecule has 1 fully saturated rings. The van der Waals surface area contributed by atoms with E-state index in [9.17, 15) is 4.79 Å². The van der Waals surface area contributed by atoms with E-state index in [0.29, 0.717) is 25.8 Å². The second-order valence-electron chi connectivity index (χ2n) is 3.87. The van der Waals surface area contributed by atoms with Gasteiger partial charge in [0.1, 0.15) is 0 Å². The van der Waals surface area contributed by atoms with E-state index in [4.69, 9.17) is 9.47 Å². The van der Waals surface area contributed by atoms with Crippen molar-refractivity contribution in [3.05, 3.63) is 0 Å². The number of unbranched alkanes of at least 4 members (excludes halogenated alkanes) is 1. The van der Waals surface area contributed by atoms with Crippen LogP contribution < -0.4 is 5.32 Å². The van der Waals surface area contributed by atoms with Crippen LogP contribution in [0, 0.1) is 0 Å². The molecule has 0 amide bonds. The first-order valence-electron chi connectivity index (χ1n) is 5.79. The van der Waals surface area contributed by atoms with Crippen LogP contribution in [0.25, 0.3) is 0 Å². The van der Waals surface area contributed by atoms with Crippen molar-refractivity contribution in [2.75, 3.05) is 26.4 Å². The molecule has 0 saturated carbocycles. The van der Waals surface area contributed by atoms with E-state index in [2.05, 4.69) is 12.2 Å². The lowest BCUT2D eigenvalue weighted by Gasteiger charge is -2.22. The van der Waals surface area contributed by atoms with Gasteiger partial charge in [0.05, 0.1) is 19.8 Å². The maximum atomic E-state index is 11.2. The SMILES string of the molecule is CCCCOC(=O)CNC1CCCOC1. The summed E-state index contributed by atoms with van der Waals surface area (Å²) >= 11 is 0. The molecule has 1 unspecified atom stereocenters. The Bertz CT molecular complexity index is 179. The lowest BCUT2D eigenvalue weighted by Crippen LogP contribution is -2.40. The van der Waals surface area contributed by atoms with Gasteiger partial charge >= 0.3 is 5.97 Å². The lowest BCUT2D eigenvalue weighted by atomic mass is 10.1. The number of carbonyl (C=O) groups excluding carboxylic acids is 1. The van der Waals surface area contributed by atoms with Crippen LogP contribution in [0.15, 0.2) is 0 Å². The van der Waals surface area contributed by atoms with Crippen molar-refractivity contribution in [1.29, 1.82) is 0 Å². The van der Waals surface area contributed by atoms with E-state index in [1.807, 2.05) is 0 Å². The van der Waals surface area contributed by atoms with E-state index >= 15 is 0 Å². The van der Waals surface area contributed by atoms with Gasteiger partial charge in [-0.25, -0.2) is 0 Å². The highest BCUT2D eigenvalue weighted by Gasteiger charge is 2.14. The van der Waals surface area contributed by atoms with Crippen molar-refractivity contribution >= 4 is 5.97 Å². The number of hydrogen-bond donors (Lipinski definition) is 1. The summed E-state index contributed by atoms with van der Waals surface area (Å²) < 4.78 is 10.3. The highest BCUT2D eigenvalue weighted by molar-refractivity contribution is 5.71. The predicted octanol–water partition coefficient (Wildman–Crippen LogP) is 1.10. The predicted molar refractivity (Wildman–Crippen MR) is 57.7 cm³/mol. The molecular formula is C11H21NO3. The highest BCUT2D eigenvalue weighted by Crippen LogP contribution is 2.05. The standard InChI is InChI=1S/C11H21NO3/c1-2-3-7-15-11(13)8-12-10-5-4-6-14-9-10/h10,12H,2-9H2,1H3. The highest BCUT2D eigenvalue weighted by atomic mass is 16.5. The molecule has 1 heterocycles. The molecule has 15 heavy (non-hydrogen) atoms. The second kappa shape index (κ2) is 7.65. The van der Waals surface area contributed by atoms with Gasteiger partial charge in [0.15, 0.2) is 0 Å². The van der Waals surface area contributed by atoms with Crippen LogP contribution in [-0.4, -0.2) is 38.4 Å². The molecule has 1 aliphatic rings. The molecule has 1 saturated heterocycles. The van der Waals surface area contributed by atoms with Crippen LogP contribution in [0.1, 0.15) is 32.6 Å². The van der Waals surface area contributed by atoms with E-state index in [1.54, 1.807) is 0 Å². The smallest absolute Gasteiger partial charge is 0.319 e. The summed E-state index contributed by atoms with van der Waals surface area (Å²) in [6, 6.07) is 0.317. The Morgan fingerprint density at radius 2 is 2.47 bits per heavy atom. The summed E-state index contributed by atoms with van der Waals surface area (Å²) in [5.74, 6) is -0.158. The largest absolute Gasteiger partial charge is 0.465 e. The van der Waals surface area contributed by atoms with Crippen LogP contribution in [-0.2, 0) is 14.3 Å². The molecule has 4 nitrogen and oxygen atoms in total. The topological polar surface area (TPSA) is 47.6 Å². The average Bonchev–Trinajstić information content (AvgIpc) is 2.28. The zero-order valence-corrected chi connectivity index (χ0v) is 9.46. The van der Waals surface area contributed by atoms with E-state index < -0.39 is 0 Å². The molecule has 0 aromatic heterocycles. The van der Waals surface area contributed by atoms with Gasteiger partial charge in [-0.2, -0.15) is 0 Å². The van der Waals surface area contributed by atoms with Gasteiger partial charge in [0.2, 0.25) is 0 Å². The number of carbonyl (C=O) groups is 1. The van der Waals surface area contributed by atoms with Gasteiger partial charge < -0.3 is 14.8 Å². The number of ether oxygens (including phenoxy) is 2. The van der Waals surface area contributed by atoms with Gasteiger partial charge in [-0.15, -0.1) is 0 Å². The van der Waals surface area contributed by atoms with Crippen molar-refractivity contribution in [3.8, 4) is 0 Å². The van der Waals surface area contributed by atoms with Gasteiger partial charge in [0.25, 0.3) is 0 Å². The minimum absolute atomic E-state index is 0.158. The molecular weight excluding hydrogens is 194 g/mol. The van der Waals surface area contributed by atoms with Crippen molar-refractivity contribution in [1.82, 2.24) is 5.32 Å². The van der Waals surface area contributed by atoms with Crippen molar-refractivity contribution in [2.45, 2.75) is 38.6 Å². The van der Waals surface area contributed by atoms with Crippen molar-refractivity contribution < 1.29 is 14.3 Å². The number of esters is 1. The first kappa shape index (κ1) is 12.5. The zero-order valence-electron chi connectivity index (χ0n) is 9.46. The molecule has 1 aliphatic heterocycles. The first-order chi connectivity index (χ1) is 7.33. The summed E-state index contributed by atoms with van der Waals surface area (Å²) in [4.78, 5) is 11.2. The Morgan fingerprint density at radius 3 is 3.13 bits per heavy atom. The van der Waals surface area contributed by atoms with Crippen molar-refractivity contribution in [3.63, 3.8) is 0 Å². The maximum absolute atomic E-state index is 11.2. The Balaban J connectivity index is 2.00. The van der Waals surface area contributed by atoms with Crippen molar-refractivity contribution in [2.24, 2.45) is 0 Å². The molecule has 1 rings (SSSR count). The molecule has 1 N–H and O–H groups in total. The molecule has 4 heteroatoms. The van der Waals surface area contributed by atoms with E-state index in [0.717, 1.165) is 32.3 Å². The first-order valence-corrected chi connectivity index (χ1v) is 5.79. The minimum Gasteiger partial charge on any atom is -0.465 e. The quantitative estimate of drug-likeness (QED) is 0.532. The molecule has 0 spiro atoms. The monoisotopic (exact) mass is 215 g/mol. The second-order valence-corrected chi connectivity index (χ2v) is 3.87. The van der Waals surface area contributed by atoms with Crippen LogP contribution in [0.2, 0.25) is 0 Å². The fourth-order valence-corrected chi connectivity index (χ4v) is 1.51. The fraction of sp³-hybridized carbons (Fsp3) is 0.909. The third-order valence-electron chi connectivity index (χ3n) is 2.46. The summed E-state index contributed by atoms with van der Waals surface area (Å²) in [7, 11) is 0. The summed E-state index contributed by atoms with van der Waals surface area (Å²) in [5.41, 5.74) is 0. The van der Waals surface area contributed by atoms with Crippen LogP contribution in [0.3, 0.4) is 0 Å². The molecule has 1 atom stereocenters. The molecule has 0 bridgehead atoms. The van der Waals surface area contributed by atoms with Crippen LogP contribution >= 0.6 is 0 Å². The normalized spacial score (nSPS) is 21.3.